The standard InChI is InChI=1S/C11H11FO2S/c12-10-6-8(2-1-5-15)3-4-9(10)7-11(13)14/h1-4,6,15H,5,7H2,(H,13,14). The summed E-state index contributed by atoms with van der Waals surface area (Å²) in [5.41, 5.74) is 0.904. The molecular formula is C11H11FO2S. The lowest BCUT2D eigenvalue weighted by Crippen LogP contribution is -2.02. The molecule has 80 valence electrons. The number of benzene rings is 1. The van der Waals surface area contributed by atoms with Gasteiger partial charge in [-0.3, -0.25) is 4.79 Å². The van der Waals surface area contributed by atoms with E-state index in [9.17, 15) is 9.18 Å². The Balaban J connectivity index is 2.87. The summed E-state index contributed by atoms with van der Waals surface area (Å²) in [6.07, 6.45) is 3.23. The van der Waals surface area contributed by atoms with Crippen molar-refractivity contribution in [2.24, 2.45) is 0 Å². The number of carbonyl (C=O) groups is 1. The Morgan fingerprint density at radius 1 is 1.53 bits per heavy atom. The fourth-order valence-corrected chi connectivity index (χ4v) is 1.27. The molecule has 0 bridgehead atoms. The molecular weight excluding hydrogens is 215 g/mol. The van der Waals surface area contributed by atoms with Crippen LogP contribution in [0.15, 0.2) is 24.3 Å². The van der Waals surface area contributed by atoms with Crippen LogP contribution in [0.2, 0.25) is 0 Å². The molecule has 0 spiro atoms. The minimum Gasteiger partial charge on any atom is -0.481 e. The summed E-state index contributed by atoms with van der Waals surface area (Å²) in [4.78, 5) is 10.4. The van der Waals surface area contributed by atoms with Crippen LogP contribution in [0.1, 0.15) is 11.1 Å². The maximum absolute atomic E-state index is 13.3. The Bertz CT molecular complexity index is 388. The minimum atomic E-state index is -1.03. The van der Waals surface area contributed by atoms with Gasteiger partial charge in [-0.05, 0) is 17.2 Å². The van der Waals surface area contributed by atoms with Gasteiger partial charge in [0.25, 0.3) is 0 Å². The number of carboxylic acid groups (broad SMARTS) is 1. The average Bonchev–Trinajstić information content (AvgIpc) is 2.18. The number of thiol groups is 1. The number of hydrogen-bond acceptors (Lipinski definition) is 2. The fourth-order valence-electron chi connectivity index (χ4n) is 1.16. The zero-order valence-electron chi connectivity index (χ0n) is 7.98. The molecule has 2 nitrogen and oxygen atoms in total. The Labute approximate surface area is 92.8 Å². The van der Waals surface area contributed by atoms with E-state index in [1.54, 1.807) is 18.2 Å². The molecule has 0 fully saturated rings. The molecule has 1 rings (SSSR count). The highest BCUT2D eigenvalue weighted by molar-refractivity contribution is 7.80. The normalized spacial score (nSPS) is 10.8. The number of hydrogen-bond donors (Lipinski definition) is 2. The van der Waals surface area contributed by atoms with Crippen LogP contribution in [0.25, 0.3) is 6.08 Å². The van der Waals surface area contributed by atoms with Gasteiger partial charge in [0.2, 0.25) is 0 Å². The van der Waals surface area contributed by atoms with Crippen LogP contribution in [-0.2, 0) is 11.2 Å². The Morgan fingerprint density at radius 2 is 2.27 bits per heavy atom. The summed E-state index contributed by atoms with van der Waals surface area (Å²) in [6.45, 7) is 0. The first-order valence-corrected chi connectivity index (χ1v) is 5.04. The van der Waals surface area contributed by atoms with Crippen LogP contribution in [0.4, 0.5) is 4.39 Å². The van der Waals surface area contributed by atoms with Crippen molar-refractivity contribution in [3.63, 3.8) is 0 Å². The van der Waals surface area contributed by atoms with Gasteiger partial charge in [0, 0.05) is 5.75 Å². The van der Waals surface area contributed by atoms with Crippen LogP contribution in [-0.4, -0.2) is 16.8 Å². The maximum atomic E-state index is 13.3. The summed E-state index contributed by atoms with van der Waals surface area (Å²) in [7, 11) is 0. The van der Waals surface area contributed by atoms with Crippen LogP contribution >= 0.6 is 12.6 Å². The first-order valence-electron chi connectivity index (χ1n) is 4.41. The Kier molecular flexibility index (Phi) is 4.37. The van der Waals surface area contributed by atoms with Crippen molar-refractivity contribution >= 4 is 24.7 Å². The zero-order chi connectivity index (χ0) is 11.3. The van der Waals surface area contributed by atoms with E-state index >= 15 is 0 Å². The number of halogens is 1. The van der Waals surface area contributed by atoms with E-state index in [0.717, 1.165) is 0 Å². The largest absolute Gasteiger partial charge is 0.481 e. The monoisotopic (exact) mass is 226 g/mol. The number of rotatable bonds is 4. The van der Waals surface area contributed by atoms with Gasteiger partial charge in [-0.15, -0.1) is 0 Å². The maximum Gasteiger partial charge on any atom is 0.307 e. The molecule has 0 aliphatic heterocycles. The van der Waals surface area contributed by atoms with Crippen molar-refractivity contribution in [2.45, 2.75) is 6.42 Å². The summed E-state index contributed by atoms with van der Waals surface area (Å²) in [5, 5.41) is 8.51. The van der Waals surface area contributed by atoms with E-state index in [-0.39, 0.29) is 12.0 Å². The fraction of sp³-hybridized carbons (Fsp3) is 0.182. The lowest BCUT2D eigenvalue weighted by Gasteiger charge is -2.00. The molecule has 0 heterocycles. The number of carboxylic acids is 1. The van der Waals surface area contributed by atoms with Crippen LogP contribution < -0.4 is 0 Å². The molecule has 0 saturated carbocycles. The lowest BCUT2D eigenvalue weighted by atomic mass is 10.1. The first-order chi connectivity index (χ1) is 7.13. The Hall–Kier alpha value is -1.29. The molecule has 1 N–H and O–H groups in total. The SMILES string of the molecule is O=C(O)Cc1ccc(C=CCS)cc1F. The smallest absolute Gasteiger partial charge is 0.307 e. The third-order valence-electron chi connectivity index (χ3n) is 1.83. The molecule has 1 aromatic carbocycles. The highest BCUT2D eigenvalue weighted by Gasteiger charge is 2.06. The van der Waals surface area contributed by atoms with Crippen molar-refractivity contribution in [2.75, 3.05) is 5.75 Å². The second-order valence-electron chi connectivity index (χ2n) is 3.01. The van der Waals surface area contributed by atoms with E-state index in [4.69, 9.17) is 5.11 Å². The molecule has 15 heavy (non-hydrogen) atoms. The van der Waals surface area contributed by atoms with Gasteiger partial charge in [-0.2, -0.15) is 12.6 Å². The van der Waals surface area contributed by atoms with Crippen molar-refractivity contribution in [1.29, 1.82) is 0 Å². The van der Waals surface area contributed by atoms with E-state index in [1.165, 1.54) is 12.1 Å². The summed E-state index contributed by atoms with van der Waals surface area (Å²) in [5.74, 6) is -0.940. The minimum absolute atomic E-state index is 0.200. The molecule has 0 aliphatic carbocycles. The topological polar surface area (TPSA) is 37.3 Å². The quantitative estimate of drug-likeness (QED) is 0.773. The first kappa shape index (κ1) is 11.8. The summed E-state index contributed by atoms with van der Waals surface area (Å²) >= 11 is 3.98. The molecule has 0 unspecified atom stereocenters. The molecule has 4 heteroatoms. The molecule has 0 radical (unpaired) electrons. The molecule has 0 amide bonds. The Morgan fingerprint density at radius 3 is 2.80 bits per heavy atom. The van der Waals surface area contributed by atoms with Crippen molar-refractivity contribution in [3.8, 4) is 0 Å². The molecule has 0 aliphatic rings. The molecule has 0 aromatic heterocycles. The van der Waals surface area contributed by atoms with Gasteiger partial charge in [-0.1, -0.05) is 24.3 Å². The summed E-state index contributed by atoms with van der Waals surface area (Å²) in [6, 6.07) is 4.49. The lowest BCUT2D eigenvalue weighted by molar-refractivity contribution is -0.136. The van der Waals surface area contributed by atoms with Crippen molar-refractivity contribution in [3.05, 3.63) is 41.2 Å². The highest BCUT2D eigenvalue weighted by atomic mass is 32.1. The van der Waals surface area contributed by atoms with Gasteiger partial charge in [0.05, 0.1) is 6.42 Å². The van der Waals surface area contributed by atoms with Crippen molar-refractivity contribution < 1.29 is 14.3 Å². The van der Waals surface area contributed by atoms with E-state index in [0.29, 0.717) is 11.3 Å². The highest BCUT2D eigenvalue weighted by Crippen LogP contribution is 2.12. The van der Waals surface area contributed by atoms with Gasteiger partial charge in [0.15, 0.2) is 0 Å². The van der Waals surface area contributed by atoms with Crippen LogP contribution in [0, 0.1) is 5.82 Å². The predicted octanol–water partition coefficient (Wildman–Crippen LogP) is 2.40. The van der Waals surface area contributed by atoms with Crippen molar-refractivity contribution in [1.82, 2.24) is 0 Å². The molecule has 0 saturated heterocycles. The van der Waals surface area contributed by atoms with Gasteiger partial charge >= 0.3 is 5.97 Å². The summed E-state index contributed by atoms with van der Waals surface area (Å²) < 4.78 is 13.3. The van der Waals surface area contributed by atoms with Crippen LogP contribution in [0.5, 0.6) is 0 Å². The average molecular weight is 226 g/mol. The second kappa shape index (κ2) is 5.56. The third-order valence-corrected chi connectivity index (χ3v) is 2.05. The molecule has 0 atom stereocenters. The predicted molar refractivity (Wildman–Crippen MR) is 60.6 cm³/mol. The number of aliphatic carboxylic acids is 1. The van der Waals surface area contributed by atoms with Gasteiger partial charge in [0.1, 0.15) is 5.82 Å². The van der Waals surface area contributed by atoms with Crippen LogP contribution in [0.3, 0.4) is 0 Å². The van der Waals surface area contributed by atoms with E-state index in [2.05, 4.69) is 12.6 Å². The van der Waals surface area contributed by atoms with E-state index in [1.807, 2.05) is 0 Å². The molecule has 1 aromatic rings. The third kappa shape index (κ3) is 3.75. The van der Waals surface area contributed by atoms with E-state index < -0.39 is 11.8 Å². The second-order valence-corrected chi connectivity index (χ2v) is 3.37. The van der Waals surface area contributed by atoms with Gasteiger partial charge < -0.3 is 5.11 Å². The van der Waals surface area contributed by atoms with Gasteiger partial charge in [-0.25, -0.2) is 4.39 Å². The zero-order valence-corrected chi connectivity index (χ0v) is 8.88.